The average Bonchev–Trinajstić information content (AvgIpc) is 3.12. The van der Waals surface area contributed by atoms with Crippen molar-refractivity contribution in [3.05, 3.63) is 23.4 Å². The smallest absolute Gasteiger partial charge is 0.234 e. The Kier molecular flexibility index (Phi) is 3.23. The first kappa shape index (κ1) is 11.6. The van der Waals surface area contributed by atoms with Crippen LogP contribution in [0.1, 0.15) is 31.6 Å². The van der Waals surface area contributed by atoms with Gasteiger partial charge in [-0.05, 0) is 24.3 Å². The van der Waals surface area contributed by atoms with Crippen LogP contribution >= 0.6 is 11.3 Å². The van der Waals surface area contributed by atoms with Crippen molar-refractivity contribution in [2.75, 3.05) is 0 Å². The second kappa shape index (κ2) is 5.02. The first-order valence-electron chi connectivity index (χ1n) is 6.22. The number of aromatic nitrogens is 2. The third kappa shape index (κ3) is 2.36. The van der Waals surface area contributed by atoms with Gasteiger partial charge in [-0.3, -0.25) is 4.79 Å². The van der Waals surface area contributed by atoms with Gasteiger partial charge in [-0.25, -0.2) is 0 Å². The van der Waals surface area contributed by atoms with Crippen molar-refractivity contribution in [3.63, 3.8) is 0 Å². The number of ketones is 1. The van der Waals surface area contributed by atoms with Gasteiger partial charge in [0.2, 0.25) is 11.7 Å². The van der Waals surface area contributed by atoms with Gasteiger partial charge in [-0.1, -0.05) is 24.1 Å². The van der Waals surface area contributed by atoms with Crippen LogP contribution in [0.3, 0.4) is 0 Å². The molecule has 0 spiro atoms. The molecular weight excluding hydrogens is 248 g/mol. The minimum Gasteiger partial charge on any atom is -0.338 e. The molecule has 0 saturated heterocycles. The number of carbonyl (C=O) groups is 1. The standard InChI is InChI=1S/C13H14N2O2S/c16-10(9-4-1-2-5-9)8-12-14-13(15-17-12)11-6-3-7-18-11/h3,6-7,9H,1-2,4-5,8H2. The molecule has 4 nitrogen and oxygen atoms in total. The molecule has 0 amide bonds. The quantitative estimate of drug-likeness (QED) is 0.849. The van der Waals surface area contributed by atoms with Crippen LogP contribution < -0.4 is 0 Å². The molecule has 1 saturated carbocycles. The summed E-state index contributed by atoms with van der Waals surface area (Å²) in [6.07, 6.45) is 4.65. The summed E-state index contributed by atoms with van der Waals surface area (Å²) in [6.45, 7) is 0. The number of Topliss-reactive ketones (excluding diaryl/α,β-unsaturated/α-hetero) is 1. The van der Waals surface area contributed by atoms with Crippen molar-refractivity contribution in [2.24, 2.45) is 5.92 Å². The maximum absolute atomic E-state index is 12.0. The van der Waals surface area contributed by atoms with Crippen LogP contribution in [-0.4, -0.2) is 15.9 Å². The van der Waals surface area contributed by atoms with E-state index in [1.807, 2.05) is 17.5 Å². The van der Waals surface area contributed by atoms with Gasteiger partial charge in [-0.2, -0.15) is 4.98 Å². The Hall–Kier alpha value is -1.49. The minimum absolute atomic E-state index is 0.210. The van der Waals surface area contributed by atoms with E-state index in [4.69, 9.17) is 4.52 Å². The summed E-state index contributed by atoms with van der Waals surface area (Å²) in [5.41, 5.74) is 0. The Morgan fingerprint density at radius 1 is 1.44 bits per heavy atom. The number of carbonyl (C=O) groups excluding carboxylic acids is 1. The molecule has 94 valence electrons. The zero-order valence-electron chi connectivity index (χ0n) is 9.96. The molecule has 1 fully saturated rings. The SMILES string of the molecule is O=C(Cc1nc(-c2cccs2)no1)C1CCCC1. The lowest BCUT2D eigenvalue weighted by molar-refractivity contribution is -0.122. The maximum atomic E-state index is 12.0. The molecule has 0 N–H and O–H groups in total. The largest absolute Gasteiger partial charge is 0.338 e. The van der Waals surface area contributed by atoms with Gasteiger partial charge < -0.3 is 4.52 Å². The Bertz CT molecular complexity index is 527. The fourth-order valence-electron chi connectivity index (χ4n) is 2.37. The van der Waals surface area contributed by atoms with E-state index in [1.54, 1.807) is 11.3 Å². The minimum atomic E-state index is 0.210. The van der Waals surface area contributed by atoms with Gasteiger partial charge in [0, 0.05) is 5.92 Å². The van der Waals surface area contributed by atoms with Crippen LogP contribution in [0.15, 0.2) is 22.0 Å². The maximum Gasteiger partial charge on any atom is 0.234 e. The van der Waals surface area contributed by atoms with Crippen molar-refractivity contribution in [2.45, 2.75) is 32.1 Å². The molecule has 2 aromatic heterocycles. The zero-order chi connectivity index (χ0) is 12.4. The first-order valence-corrected chi connectivity index (χ1v) is 7.10. The van der Waals surface area contributed by atoms with Crippen molar-refractivity contribution in [3.8, 4) is 10.7 Å². The summed E-state index contributed by atoms with van der Waals surface area (Å²) in [4.78, 5) is 17.2. The zero-order valence-corrected chi connectivity index (χ0v) is 10.8. The average molecular weight is 262 g/mol. The van der Waals surface area contributed by atoms with Crippen LogP contribution in [0.25, 0.3) is 10.7 Å². The van der Waals surface area contributed by atoms with Gasteiger partial charge in [0.15, 0.2) is 0 Å². The van der Waals surface area contributed by atoms with Crippen molar-refractivity contribution in [1.82, 2.24) is 10.1 Å². The molecule has 2 aromatic rings. The Morgan fingerprint density at radius 2 is 2.28 bits per heavy atom. The van der Waals surface area contributed by atoms with Gasteiger partial charge in [0.1, 0.15) is 5.78 Å². The van der Waals surface area contributed by atoms with E-state index >= 15 is 0 Å². The van der Waals surface area contributed by atoms with Crippen LogP contribution in [0.5, 0.6) is 0 Å². The fraction of sp³-hybridized carbons (Fsp3) is 0.462. The Labute approximate surface area is 109 Å². The van der Waals surface area contributed by atoms with Crippen LogP contribution in [-0.2, 0) is 11.2 Å². The van der Waals surface area contributed by atoms with E-state index in [2.05, 4.69) is 10.1 Å². The molecule has 18 heavy (non-hydrogen) atoms. The van der Waals surface area contributed by atoms with Gasteiger partial charge in [0.25, 0.3) is 0 Å². The Morgan fingerprint density at radius 3 is 3.00 bits per heavy atom. The lowest BCUT2D eigenvalue weighted by Gasteiger charge is -2.04. The monoisotopic (exact) mass is 262 g/mol. The third-order valence-electron chi connectivity index (χ3n) is 3.35. The lowest BCUT2D eigenvalue weighted by Crippen LogP contribution is -2.13. The highest BCUT2D eigenvalue weighted by atomic mass is 32.1. The molecule has 0 atom stereocenters. The van der Waals surface area contributed by atoms with E-state index < -0.39 is 0 Å². The molecular formula is C13H14N2O2S. The molecule has 1 aliphatic rings. The second-order valence-electron chi connectivity index (χ2n) is 4.61. The fourth-order valence-corrected chi connectivity index (χ4v) is 3.02. The number of hydrogen-bond acceptors (Lipinski definition) is 5. The summed E-state index contributed by atoms with van der Waals surface area (Å²) >= 11 is 1.56. The molecule has 0 aliphatic heterocycles. The molecule has 2 heterocycles. The normalized spacial score (nSPS) is 16.2. The van der Waals surface area contributed by atoms with E-state index in [0.29, 0.717) is 11.7 Å². The van der Waals surface area contributed by atoms with Gasteiger partial charge >= 0.3 is 0 Å². The number of thiophene rings is 1. The lowest BCUT2D eigenvalue weighted by atomic mass is 10.0. The van der Waals surface area contributed by atoms with Crippen molar-refractivity contribution < 1.29 is 9.32 Å². The summed E-state index contributed by atoms with van der Waals surface area (Å²) in [6, 6.07) is 3.89. The van der Waals surface area contributed by atoms with Gasteiger partial charge in [-0.15, -0.1) is 11.3 Å². The molecule has 5 heteroatoms. The summed E-state index contributed by atoms with van der Waals surface area (Å²) < 4.78 is 5.14. The summed E-state index contributed by atoms with van der Waals surface area (Å²) in [5.74, 6) is 1.48. The molecule has 0 radical (unpaired) electrons. The first-order chi connectivity index (χ1) is 8.83. The van der Waals surface area contributed by atoms with Crippen LogP contribution in [0.4, 0.5) is 0 Å². The van der Waals surface area contributed by atoms with E-state index in [1.165, 1.54) is 12.8 Å². The molecule has 0 bridgehead atoms. The van der Waals surface area contributed by atoms with E-state index in [9.17, 15) is 4.79 Å². The second-order valence-corrected chi connectivity index (χ2v) is 5.56. The van der Waals surface area contributed by atoms with E-state index in [-0.39, 0.29) is 18.1 Å². The number of hydrogen-bond donors (Lipinski definition) is 0. The highest BCUT2D eigenvalue weighted by molar-refractivity contribution is 7.13. The number of rotatable bonds is 4. The molecule has 3 rings (SSSR count). The van der Waals surface area contributed by atoms with Crippen molar-refractivity contribution in [1.29, 1.82) is 0 Å². The van der Waals surface area contributed by atoms with Crippen molar-refractivity contribution >= 4 is 17.1 Å². The molecule has 1 aliphatic carbocycles. The topological polar surface area (TPSA) is 56.0 Å². The molecule has 0 unspecified atom stereocenters. The molecule has 0 aromatic carbocycles. The van der Waals surface area contributed by atoms with E-state index in [0.717, 1.165) is 17.7 Å². The van der Waals surface area contributed by atoms with Gasteiger partial charge in [0.05, 0.1) is 11.3 Å². The third-order valence-corrected chi connectivity index (χ3v) is 4.21. The summed E-state index contributed by atoms with van der Waals surface area (Å²) in [7, 11) is 0. The van der Waals surface area contributed by atoms with Crippen LogP contribution in [0.2, 0.25) is 0 Å². The predicted octanol–water partition coefficient (Wildman–Crippen LogP) is 3.10. The highest BCUT2D eigenvalue weighted by Gasteiger charge is 2.24. The number of nitrogens with zero attached hydrogens (tertiary/aromatic N) is 2. The predicted molar refractivity (Wildman–Crippen MR) is 68.3 cm³/mol. The Balaban J connectivity index is 1.68. The summed E-state index contributed by atoms with van der Waals surface area (Å²) in [5, 5.41) is 5.88. The highest BCUT2D eigenvalue weighted by Crippen LogP contribution is 2.27. The van der Waals surface area contributed by atoms with Crippen LogP contribution in [0, 0.1) is 5.92 Å².